The van der Waals surface area contributed by atoms with E-state index in [2.05, 4.69) is 9.50 Å². The molecule has 2 aromatic heterocycles. The SMILES string of the molecule is CCCCOC(=O)c1c(OS(=O)(=O)C(F)(F)F)csc1NC.O=Cc1cc2ccccc2o1. The highest BCUT2D eigenvalue weighted by atomic mass is 32.2. The first-order valence-corrected chi connectivity index (χ1v) is 11.7. The van der Waals surface area contributed by atoms with Crippen LogP contribution in [-0.4, -0.2) is 39.8 Å². The van der Waals surface area contributed by atoms with E-state index in [9.17, 15) is 31.2 Å². The highest BCUT2D eigenvalue weighted by Crippen LogP contribution is 2.37. The molecule has 2 heterocycles. The van der Waals surface area contributed by atoms with Crippen molar-refractivity contribution in [3.63, 3.8) is 0 Å². The number of alkyl halides is 3. The van der Waals surface area contributed by atoms with Gasteiger partial charge in [-0.15, -0.1) is 11.3 Å². The molecule has 0 aliphatic heterocycles. The summed E-state index contributed by atoms with van der Waals surface area (Å²) < 4.78 is 73.2. The highest BCUT2D eigenvalue weighted by Gasteiger charge is 2.49. The number of hydrogen-bond donors (Lipinski definition) is 1. The van der Waals surface area contributed by atoms with E-state index in [1.165, 1.54) is 7.05 Å². The van der Waals surface area contributed by atoms with Crippen LogP contribution in [0.3, 0.4) is 0 Å². The third kappa shape index (κ3) is 6.71. The number of nitrogens with one attached hydrogen (secondary N) is 1. The first-order chi connectivity index (χ1) is 15.5. The van der Waals surface area contributed by atoms with Crippen molar-refractivity contribution in [3.8, 4) is 5.75 Å². The molecular formula is C20H20F3NO7S2. The lowest BCUT2D eigenvalue weighted by Crippen LogP contribution is -2.28. The number of furan rings is 1. The maximum atomic E-state index is 12.3. The lowest BCUT2D eigenvalue weighted by Gasteiger charge is -2.11. The number of unbranched alkanes of at least 4 members (excludes halogenated alkanes) is 1. The molecular weight excluding hydrogens is 487 g/mol. The van der Waals surface area contributed by atoms with Crippen molar-refractivity contribution in [1.82, 2.24) is 0 Å². The summed E-state index contributed by atoms with van der Waals surface area (Å²) in [5.41, 5.74) is -5.20. The Morgan fingerprint density at radius 1 is 1.27 bits per heavy atom. The summed E-state index contributed by atoms with van der Waals surface area (Å²) in [4.78, 5) is 22.2. The molecule has 3 aromatic rings. The van der Waals surface area contributed by atoms with Crippen LogP contribution in [0.5, 0.6) is 5.75 Å². The Hall–Kier alpha value is -3.06. The van der Waals surface area contributed by atoms with Crippen LogP contribution in [0.1, 0.15) is 40.7 Å². The van der Waals surface area contributed by atoms with Crippen LogP contribution in [0.15, 0.2) is 40.1 Å². The summed E-state index contributed by atoms with van der Waals surface area (Å²) in [6.07, 6.45) is 2.03. The molecule has 0 aliphatic carbocycles. The van der Waals surface area contributed by atoms with Gasteiger partial charge in [0.15, 0.2) is 17.8 Å². The molecule has 8 nitrogen and oxygen atoms in total. The minimum atomic E-state index is -5.86. The van der Waals surface area contributed by atoms with Gasteiger partial charge in [-0.1, -0.05) is 31.5 Å². The van der Waals surface area contributed by atoms with Gasteiger partial charge in [0.1, 0.15) is 16.1 Å². The number of esters is 1. The third-order valence-electron chi connectivity index (χ3n) is 3.96. The van der Waals surface area contributed by atoms with Crippen molar-refractivity contribution in [2.24, 2.45) is 0 Å². The maximum absolute atomic E-state index is 12.3. The number of carbonyl (C=O) groups is 2. The van der Waals surface area contributed by atoms with E-state index in [1.807, 2.05) is 31.2 Å². The lowest BCUT2D eigenvalue weighted by atomic mass is 10.2. The van der Waals surface area contributed by atoms with E-state index in [1.54, 1.807) is 6.07 Å². The molecule has 13 heteroatoms. The molecule has 0 amide bonds. The molecule has 0 aliphatic rings. The molecule has 33 heavy (non-hydrogen) atoms. The van der Waals surface area contributed by atoms with Crippen LogP contribution in [0.4, 0.5) is 18.2 Å². The minimum Gasteiger partial charge on any atom is -0.462 e. The number of ether oxygens (including phenoxy) is 1. The Labute approximate surface area is 191 Å². The van der Waals surface area contributed by atoms with Gasteiger partial charge in [-0.2, -0.15) is 21.6 Å². The fourth-order valence-corrected chi connectivity index (χ4v) is 3.72. The largest absolute Gasteiger partial charge is 0.534 e. The number of para-hydroxylation sites is 1. The van der Waals surface area contributed by atoms with Gasteiger partial charge in [0.25, 0.3) is 0 Å². The van der Waals surface area contributed by atoms with Crippen molar-refractivity contribution < 1.29 is 44.5 Å². The van der Waals surface area contributed by atoms with Gasteiger partial charge in [-0.25, -0.2) is 4.79 Å². The third-order valence-corrected chi connectivity index (χ3v) is 5.91. The average molecular weight is 508 g/mol. The predicted octanol–water partition coefficient (Wildman–Crippen LogP) is 5.22. The minimum absolute atomic E-state index is 0.0692. The number of rotatable bonds is 8. The van der Waals surface area contributed by atoms with E-state index < -0.39 is 27.3 Å². The second-order valence-corrected chi connectivity index (χ2v) is 8.75. The average Bonchev–Trinajstić information content (AvgIpc) is 3.36. The van der Waals surface area contributed by atoms with E-state index in [0.717, 1.165) is 34.1 Å². The zero-order valence-corrected chi connectivity index (χ0v) is 19.1. The quantitative estimate of drug-likeness (QED) is 0.145. The van der Waals surface area contributed by atoms with Crippen LogP contribution in [-0.2, 0) is 14.9 Å². The summed E-state index contributed by atoms with van der Waals surface area (Å²) in [5.74, 6) is -1.29. The zero-order chi connectivity index (χ0) is 24.6. The van der Waals surface area contributed by atoms with Crippen molar-refractivity contribution in [2.45, 2.75) is 25.3 Å². The molecule has 1 N–H and O–H groups in total. The first kappa shape index (κ1) is 26.2. The van der Waals surface area contributed by atoms with Gasteiger partial charge < -0.3 is 18.7 Å². The second kappa shape index (κ2) is 11.2. The number of hydrogen-bond acceptors (Lipinski definition) is 9. The Kier molecular flexibility index (Phi) is 8.88. The van der Waals surface area contributed by atoms with Gasteiger partial charge >= 0.3 is 21.6 Å². The number of anilines is 1. The number of carbonyl (C=O) groups excluding carboxylic acids is 2. The van der Waals surface area contributed by atoms with Crippen molar-refractivity contribution in [1.29, 1.82) is 0 Å². The second-order valence-electron chi connectivity index (χ2n) is 6.33. The summed E-state index contributed by atoms with van der Waals surface area (Å²) in [6.45, 7) is 1.93. The fraction of sp³-hybridized carbons (Fsp3) is 0.300. The van der Waals surface area contributed by atoms with E-state index >= 15 is 0 Å². The molecule has 0 unspecified atom stereocenters. The van der Waals surface area contributed by atoms with Crippen molar-refractivity contribution >= 4 is 49.7 Å². The molecule has 0 atom stereocenters. The molecule has 0 saturated carbocycles. The van der Waals surface area contributed by atoms with Gasteiger partial charge in [-0.3, -0.25) is 4.79 Å². The van der Waals surface area contributed by atoms with Crippen LogP contribution in [0, 0.1) is 0 Å². The first-order valence-electron chi connectivity index (χ1n) is 9.45. The molecule has 0 bridgehead atoms. The van der Waals surface area contributed by atoms with Crippen LogP contribution in [0.25, 0.3) is 11.0 Å². The standard InChI is InChI=1S/C11H14F3NO5S2.C9H6O2/c1-3-4-5-19-10(16)8-7(6-21-9(8)15-2)20-22(17,18)11(12,13)14;10-6-8-5-7-3-1-2-4-9(7)11-8/h6,15H,3-5H2,1-2H3;1-6H. The van der Waals surface area contributed by atoms with Gasteiger partial charge in [-0.05, 0) is 18.6 Å². The Morgan fingerprint density at radius 3 is 2.55 bits per heavy atom. The Bertz CT molecular complexity index is 1170. The van der Waals surface area contributed by atoms with Gasteiger partial charge in [0, 0.05) is 17.8 Å². The number of halogens is 3. The number of thiophene rings is 1. The van der Waals surface area contributed by atoms with Crippen LogP contribution < -0.4 is 9.50 Å². The molecule has 0 spiro atoms. The zero-order valence-electron chi connectivity index (χ0n) is 17.5. The molecule has 1 aromatic carbocycles. The summed E-state index contributed by atoms with van der Waals surface area (Å²) in [5, 5.41) is 4.68. The fourth-order valence-electron chi connectivity index (χ4n) is 2.39. The molecule has 0 radical (unpaired) electrons. The Morgan fingerprint density at radius 2 is 1.97 bits per heavy atom. The smallest absolute Gasteiger partial charge is 0.462 e. The predicted molar refractivity (Wildman–Crippen MR) is 116 cm³/mol. The molecule has 0 saturated heterocycles. The molecule has 0 fully saturated rings. The van der Waals surface area contributed by atoms with Crippen molar-refractivity contribution in [3.05, 3.63) is 47.0 Å². The summed E-state index contributed by atoms with van der Waals surface area (Å²) >= 11 is 0.826. The maximum Gasteiger partial charge on any atom is 0.534 e. The van der Waals surface area contributed by atoms with Gasteiger partial charge in [0.05, 0.1) is 6.61 Å². The topological polar surface area (TPSA) is 112 Å². The lowest BCUT2D eigenvalue weighted by molar-refractivity contribution is -0.0500. The van der Waals surface area contributed by atoms with Crippen molar-refractivity contribution in [2.75, 3.05) is 19.0 Å². The summed E-state index contributed by atoms with van der Waals surface area (Å²) in [7, 11) is -4.43. The van der Waals surface area contributed by atoms with Gasteiger partial charge in [0.2, 0.25) is 0 Å². The van der Waals surface area contributed by atoms with E-state index in [-0.39, 0.29) is 17.2 Å². The van der Waals surface area contributed by atoms with E-state index in [4.69, 9.17) is 9.15 Å². The molecule has 180 valence electrons. The summed E-state index contributed by atoms with van der Waals surface area (Å²) in [6, 6.07) is 9.25. The molecule has 3 rings (SSSR count). The number of fused-ring (bicyclic) bond motifs is 1. The monoisotopic (exact) mass is 507 g/mol. The number of aldehydes is 1. The van der Waals surface area contributed by atoms with Crippen LogP contribution in [0.2, 0.25) is 0 Å². The van der Waals surface area contributed by atoms with E-state index in [0.29, 0.717) is 18.5 Å². The normalized spacial score (nSPS) is 11.4. The number of benzene rings is 1. The highest BCUT2D eigenvalue weighted by molar-refractivity contribution is 7.88. The Balaban J connectivity index is 0.000000288. The van der Waals surface area contributed by atoms with Crippen LogP contribution >= 0.6 is 11.3 Å².